The third kappa shape index (κ3) is 2.98. The quantitative estimate of drug-likeness (QED) is 0.575. The van der Waals surface area contributed by atoms with E-state index in [1.165, 1.54) is 66.9 Å². The highest BCUT2D eigenvalue weighted by Crippen LogP contribution is 2.57. The summed E-state index contributed by atoms with van der Waals surface area (Å²) in [6.45, 7) is 0. The van der Waals surface area contributed by atoms with Gasteiger partial charge in [-0.3, -0.25) is 4.98 Å². The van der Waals surface area contributed by atoms with E-state index in [0.717, 1.165) is 42.9 Å². The van der Waals surface area contributed by atoms with E-state index in [2.05, 4.69) is 35.3 Å². The molecule has 4 aliphatic rings. The molecule has 2 nitrogen and oxygen atoms in total. The minimum atomic E-state index is -0.464. The van der Waals surface area contributed by atoms with E-state index in [1.807, 2.05) is 12.4 Å². The van der Waals surface area contributed by atoms with Gasteiger partial charge in [-0.25, -0.2) is 0 Å². The van der Waals surface area contributed by atoms with Crippen LogP contribution in [0.4, 0.5) is 0 Å². The van der Waals surface area contributed by atoms with E-state index >= 15 is 0 Å². The van der Waals surface area contributed by atoms with Gasteiger partial charge in [-0.05, 0) is 122 Å². The van der Waals surface area contributed by atoms with Gasteiger partial charge in [0.2, 0.25) is 0 Å². The number of hydrogen-bond donors (Lipinski definition) is 1. The zero-order valence-corrected chi connectivity index (χ0v) is 17.4. The molecule has 0 bridgehead atoms. The van der Waals surface area contributed by atoms with Crippen LogP contribution in [0.15, 0.2) is 48.3 Å². The molecule has 5 unspecified atom stereocenters. The number of nitrogens with zero attached hydrogens (tertiary/aromatic N) is 1. The van der Waals surface area contributed by atoms with Crippen LogP contribution in [0.25, 0.3) is 10.8 Å². The van der Waals surface area contributed by atoms with Gasteiger partial charge in [-0.2, -0.15) is 0 Å². The molecule has 152 valence electrons. The zero-order chi connectivity index (χ0) is 19.4. The molecule has 2 aromatic rings. The van der Waals surface area contributed by atoms with Crippen LogP contribution in [0, 0.1) is 23.7 Å². The lowest BCUT2D eigenvalue weighted by molar-refractivity contribution is 0.0325. The van der Waals surface area contributed by atoms with Gasteiger partial charge in [0, 0.05) is 17.8 Å². The molecule has 1 aromatic carbocycles. The van der Waals surface area contributed by atoms with Gasteiger partial charge in [0.25, 0.3) is 0 Å². The van der Waals surface area contributed by atoms with Crippen LogP contribution in [0.1, 0.15) is 75.7 Å². The molecule has 0 radical (unpaired) electrons. The molecule has 6 atom stereocenters. The first-order valence-electron chi connectivity index (χ1n) is 12.0. The predicted octanol–water partition coefficient (Wildman–Crippen LogP) is 6.40. The van der Waals surface area contributed by atoms with Crippen molar-refractivity contribution in [2.24, 2.45) is 23.7 Å². The normalized spacial score (nSPS) is 39.2. The van der Waals surface area contributed by atoms with E-state index in [1.54, 1.807) is 0 Å². The molecule has 29 heavy (non-hydrogen) atoms. The Hall–Kier alpha value is -1.67. The van der Waals surface area contributed by atoms with Crippen LogP contribution in [0.2, 0.25) is 0 Å². The molecule has 1 heterocycles. The van der Waals surface area contributed by atoms with E-state index < -0.39 is 5.60 Å². The first kappa shape index (κ1) is 18.1. The molecule has 0 spiro atoms. The summed E-state index contributed by atoms with van der Waals surface area (Å²) in [6, 6.07) is 9.20. The maximum atomic E-state index is 11.3. The molecule has 6 rings (SSSR count). The molecule has 1 N–H and O–H groups in total. The molecule has 3 saturated carbocycles. The SMILES string of the molecule is O[C@]12CCCCC1=CC1CCC3C(c4ccc5ccncc5c4)CCC3C1CC2. The van der Waals surface area contributed by atoms with Gasteiger partial charge < -0.3 is 5.11 Å². The maximum Gasteiger partial charge on any atom is 0.0857 e. The number of pyridine rings is 1. The summed E-state index contributed by atoms with van der Waals surface area (Å²) in [4.78, 5) is 4.34. The summed E-state index contributed by atoms with van der Waals surface area (Å²) in [5, 5.41) is 13.9. The molecule has 0 amide bonds. The highest BCUT2D eigenvalue weighted by molar-refractivity contribution is 5.82. The van der Waals surface area contributed by atoms with Crippen molar-refractivity contribution in [3.05, 3.63) is 53.9 Å². The fourth-order valence-electron chi connectivity index (χ4n) is 7.66. The van der Waals surface area contributed by atoms with Crippen molar-refractivity contribution in [3.63, 3.8) is 0 Å². The number of aromatic nitrogens is 1. The topological polar surface area (TPSA) is 33.1 Å². The van der Waals surface area contributed by atoms with Crippen LogP contribution in [-0.2, 0) is 0 Å². The van der Waals surface area contributed by atoms with Gasteiger partial charge >= 0.3 is 0 Å². The fraction of sp³-hybridized carbons (Fsp3) is 0.593. The van der Waals surface area contributed by atoms with Crippen LogP contribution < -0.4 is 0 Å². The monoisotopic (exact) mass is 387 g/mol. The largest absolute Gasteiger partial charge is 0.386 e. The Balaban J connectivity index is 1.28. The van der Waals surface area contributed by atoms with E-state index in [-0.39, 0.29) is 0 Å². The first-order chi connectivity index (χ1) is 14.2. The molecule has 3 fully saturated rings. The van der Waals surface area contributed by atoms with Crippen molar-refractivity contribution in [3.8, 4) is 0 Å². The number of allylic oxidation sites excluding steroid dienone is 1. The highest BCUT2D eigenvalue weighted by atomic mass is 16.3. The average Bonchev–Trinajstić information content (AvgIpc) is 3.11. The Kier molecular flexibility index (Phi) is 4.34. The Morgan fingerprint density at radius 2 is 1.79 bits per heavy atom. The summed E-state index contributed by atoms with van der Waals surface area (Å²) < 4.78 is 0. The molecular formula is C27H33NO. The van der Waals surface area contributed by atoms with Gasteiger partial charge in [-0.1, -0.05) is 18.2 Å². The lowest BCUT2D eigenvalue weighted by atomic mass is 9.64. The lowest BCUT2D eigenvalue weighted by Gasteiger charge is -2.40. The third-order valence-corrected chi connectivity index (χ3v) is 9.09. The van der Waals surface area contributed by atoms with Gasteiger partial charge in [0.05, 0.1) is 5.60 Å². The average molecular weight is 388 g/mol. The standard InChI is InChI=1S/C27H33NO/c29-27-12-2-1-3-22(27)16-20-6-7-25-23(8-9-26(25)24(20)10-13-27)19-5-4-18-11-14-28-17-21(18)15-19/h4-5,11,14-17,20,23-26,29H,1-3,6-10,12-13H2/t20?,23?,24?,25?,26?,27-/m0/s1. The highest BCUT2D eigenvalue weighted by Gasteiger charge is 2.48. The van der Waals surface area contributed by atoms with E-state index in [9.17, 15) is 5.11 Å². The summed E-state index contributed by atoms with van der Waals surface area (Å²) >= 11 is 0. The van der Waals surface area contributed by atoms with Crippen molar-refractivity contribution in [2.75, 3.05) is 0 Å². The number of benzene rings is 1. The fourth-order valence-corrected chi connectivity index (χ4v) is 7.66. The molecule has 1 aromatic heterocycles. The number of rotatable bonds is 1. The Labute approximate surface area is 174 Å². The van der Waals surface area contributed by atoms with Crippen molar-refractivity contribution in [1.82, 2.24) is 4.98 Å². The van der Waals surface area contributed by atoms with E-state index in [0.29, 0.717) is 5.92 Å². The summed E-state index contributed by atoms with van der Waals surface area (Å²) in [5.74, 6) is 3.91. The summed E-state index contributed by atoms with van der Waals surface area (Å²) in [6.07, 6.45) is 18.7. The van der Waals surface area contributed by atoms with E-state index in [4.69, 9.17) is 0 Å². The maximum absolute atomic E-state index is 11.3. The predicted molar refractivity (Wildman–Crippen MR) is 118 cm³/mol. The smallest absolute Gasteiger partial charge is 0.0857 e. The summed E-state index contributed by atoms with van der Waals surface area (Å²) in [5.41, 5.74) is 2.48. The Morgan fingerprint density at radius 3 is 2.76 bits per heavy atom. The molecule has 0 saturated heterocycles. The number of fused-ring (bicyclic) bond motifs is 5. The third-order valence-electron chi connectivity index (χ3n) is 9.09. The second kappa shape index (κ2) is 6.94. The minimum Gasteiger partial charge on any atom is -0.386 e. The zero-order valence-electron chi connectivity index (χ0n) is 17.4. The number of hydrogen-bond acceptors (Lipinski definition) is 2. The van der Waals surface area contributed by atoms with Crippen LogP contribution >= 0.6 is 0 Å². The van der Waals surface area contributed by atoms with Crippen molar-refractivity contribution < 1.29 is 5.11 Å². The van der Waals surface area contributed by atoms with Crippen LogP contribution in [0.5, 0.6) is 0 Å². The lowest BCUT2D eigenvalue weighted by Crippen LogP contribution is -2.34. The van der Waals surface area contributed by atoms with Gasteiger partial charge in [0.15, 0.2) is 0 Å². The van der Waals surface area contributed by atoms with Crippen molar-refractivity contribution >= 4 is 10.8 Å². The Bertz CT molecular complexity index is 948. The number of aliphatic hydroxyl groups is 1. The molecule has 0 aliphatic heterocycles. The van der Waals surface area contributed by atoms with Crippen molar-refractivity contribution in [2.45, 2.75) is 75.7 Å². The molecule has 2 heteroatoms. The first-order valence-corrected chi connectivity index (χ1v) is 12.0. The molecule has 4 aliphatic carbocycles. The van der Waals surface area contributed by atoms with Crippen molar-refractivity contribution in [1.29, 1.82) is 0 Å². The second-order valence-corrected chi connectivity index (χ2v) is 10.4. The van der Waals surface area contributed by atoms with Gasteiger partial charge in [0.1, 0.15) is 0 Å². The van der Waals surface area contributed by atoms with Crippen LogP contribution in [0.3, 0.4) is 0 Å². The second-order valence-electron chi connectivity index (χ2n) is 10.4. The molecular weight excluding hydrogens is 354 g/mol. The summed E-state index contributed by atoms with van der Waals surface area (Å²) in [7, 11) is 0. The van der Waals surface area contributed by atoms with Crippen LogP contribution in [-0.4, -0.2) is 15.7 Å². The Morgan fingerprint density at radius 1 is 0.862 bits per heavy atom. The minimum absolute atomic E-state index is 0.464. The van der Waals surface area contributed by atoms with Gasteiger partial charge in [-0.15, -0.1) is 0 Å².